The lowest BCUT2D eigenvalue weighted by Crippen LogP contribution is -2.51. The van der Waals surface area contributed by atoms with Crippen molar-refractivity contribution in [2.75, 3.05) is 6.54 Å². The van der Waals surface area contributed by atoms with Gasteiger partial charge in [0.25, 0.3) is 0 Å². The minimum atomic E-state index is -0.796. The molecule has 0 aromatic rings. The maximum Gasteiger partial charge on any atom is 0.408 e. The summed E-state index contributed by atoms with van der Waals surface area (Å²) in [5, 5.41) is 8.21. The molecule has 1 fully saturated rings. The van der Waals surface area contributed by atoms with Gasteiger partial charge in [-0.2, -0.15) is 0 Å². The molecule has 0 radical (unpaired) electrons. The number of alkyl carbamates (subject to hydrolysis) is 1. The van der Waals surface area contributed by atoms with Crippen molar-refractivity contribution in [3.63, 3.8) is 0 Å². The second-order valence-electron chi connectivity index (χ2n) is 8.84. The molecule has 3 amide bonds. The van der Waals surface area contributed by atoms with E-state index >= 15 is 0 Å². The number of nitrogens with one attached hydrogen (secondary N) is 3. The van der Waals surface area contributed by atoms with Crippen molar-refractivity contribution in [3.05, 3.63) is 0 Å². The Morgan fingerprint density at radius 2 is 1.84 bits per heavy atom. The SMILES string of the molecule is CCCCCC1CCCCCNC(=O)CCC(C=O)NC(=O)C(CC(C)C)NC(=O)O1. The van der Waals surface area contributed by atoms with Crippen LogP contribution >= 0.6 is 0 Å². The zero-order chi connectivity index (χ0) is 23.1. The number of unbranched alkanes of at least 4 members (excludes halogenated alkanes) is 2. The Labute approximate surface area is 186 Å². The van der Waals surface area contributed by atoms with E-state index in [1.807, 2.05) is 13.8 Å². The molecular weight excluding hydrogens is 398 g/mol. The summed E-state index contributed by atoms with van der Waals surface area (Å²) in [6, 6.07) is -1.57. The van der Waals surface area contributed by atoms with Crippen LogP contribution < -0.4 is 16.0 Å². The van der Waals surface area contributed by atoms with Gasteiger partial charge >= 0.3 is 6.09 Å². The molecule has 1 aliphatic heterocycles. The first-order valence-electron chi connectivity index (χ1n) is 11.8. The molecule has 3 N–H and O–H groups in total. The molecule has 0 bridgehead atoms. The van der Waals surface area contributed by atoms with Gasteiger partial charge in [-0.15, -0.1) is 0 Å². The minimum absolute atomic E-state index is 0.127. The highest BCUT2D eigenvalue weighted by Gasteiger charge is 2.26. The first-order valence-corrected chi connectivity index (χ1v) is 11.8. The van der Waals surface area contributed by atoms with Crippen molar-refractivity contribution in [1.29, 1.82) is 0 Å². The summed E-state index contributed by atoms with van der Waals surface area (Å²) in [7, 11) is 0. The van der Waals surface area contributed by atoms with Crippen molar-refractivity contribution in [2.45, 2.75) is 110 Å². The van der Waals surface area contributed by atoms with Crippen LogP contribution in [0.1, 0.15) is 91.4 Å². The normalized spacial score (nSPS) is 25.0. The van der Waals surface area contributed by atoms with Crippen LogP contribution in [0.2, 0.25) is 0 Å². The predicted molar refractivity (Wildman–Crippen MR) is 119 cm³/mol. The minimum Gasteiger partial charge on any atom is -0.446 e. The molecule has 8 nitrogen and oxygen atoms in total. The molecule has 3 atom stereocenters. The van der Waals surface area contributed by atoms with E-state index in [0.717, 1.165) is 51.4 Å². The summed E-state index contributed by atoms with van der Waals surface area (Å²) in [4.78, 5) is 48.7. The average molecular weight is 440 g/mol. The molecular formula is C23H41N3O5. The first kappa shape index (κ1) is 26.9. The van der Waals surface area contributed by atoms with Gasteiger partial charge in [-0.3, -0.25) is 9.59 Å². The average Bonchev–Trinajstić information content (AvgIpc) is 2.71. The van der Waals surface area contributed by atoms with E-state index in [2.05, 4.69) is 22.9 Å². The van der Waals surface area contributed by atoms with Crippen LogP contribution in [0.25, 0.3) is 0 Å². The van der Waals surface area contributed by atoms with Crippen molar-refractivity contribution in [1.82, 2.24) is 16.0 Å². The molecule has 8 heteroatoms. The first-order chi connectivity index (χ1) is 14.8. The highest BCUT2D eigenvalue weighted by atomic mass is 16.6. The number of hydrogen-bond donors (Lipinski definition) is 3. The van der Waals surface area contributed by atoms with Crippen LogP contribution in [0.3, 0.4) is 0 Å². The fraction of sp³-hybridized carbons (Fsp3) is 0.826. The lowest BCUT2D eigenvalue weighted by molar-refractivity contribution is -0.127. The fourth-order valence-corrected chi connectivity index (χ4v) is 3.65. The van der Waals surface area contributed by atoms with Gasteiger partial charge in [0.05, 0.1) is 6.04 Å². The second kappa shape index (κ2) is 15.6. The molecule has 0 aliphatic carbocycles. The lowest BCUT2D eigenvalue weighted by Gasteiger charge is -2.24. The van der Waals surface area contributed by atoms with Crippen LogP contribution in [0.4, 0.5) is 4.79 Å². The molecule has 3 unspecified atom stereocenters. The van der Waals surface area contributed by atoms with E-state index in [-0.39, 0.29) is 30.8 Å². The number of hydrogen-bond acceptors (Lipinski definition) is 5. The molecule has 1 aliphatic rings. The number of aldehydes is 1. The third kappa shape index (κ3) is 12.4. The smallest absolute Gasteiger partial charge is 0.408 e. The van der Waals surface area contributed by atoms with Crippen LogP contribution in [0.15, 0.2) is 0 Å². The number of amides is 3. The van der Waals surface area contributed by atoms with Crippen LogP contribution in [0, 0.1) is 5.92 Å². The van der Waals surface area contributed by atoms with Gasteiger partial charge in [0.1, 0.15) is 18.4 Å². The highest BCUT2D eigenvalue weighted by molar-refractivity contribution is 5.87. The number of cyclic esters (lactones) is 1. The molecule has 0 aromatic carbocycles. The summed E-state index contributed by atoms with van der Waals surface area (Å²) in [6.45, 7) is 6.62. The Kier molecular flexibility index (Phi) is 13.6. The van der Waals surface area contributed by atoms with Gasteiger partial charge in [-0.25, -0.2) is 4.79 Å². The van der Waals surface area contributed by atoms with Gasteiger partial charge < -0.3 is 25.5 Å². The summed E-state index contributed by atoms with van der Waals surface area (Å²) in [5.41, 5.74) is 0. The molecule has 1 rings (SSSR count). The van der Waals surface area contributed by atoms with Crippen molar-refractivity contribution in [2.24, 2.45) is 5.92 Å². The summed E-state index contributed by atoms with van der Waals surface area (Å²) in [6.07, 6.45) is 8.07. The van der Waals surface area contributed by atoms with Crippen molar-refractivity contribution in [3.8, 4) is 0 Å². The Morgan fingerprint density at radius 1 is 1.06 bits per heavy atom. The van der Waals surface area contributed by atoms with Gasteiger partial charge in [0.15, 0.2) is 0 Å². The third-order valence-electron chi connectivity index (χ3n) is 5.42. The summed E-state index contributed by atoms with van der Waals surface area (Å²) >= 11 is 0. The number of ether oxygens (including phenoxy) is 1. The zero-order valence-corrected chi connectivity index (χ0v) is 19.4. The number of carbonyl (C=O) groups is 4. The quantitative estimate of drug-likeness (QED) is 0.416. The molecule has 0 saturated carbocycles. The van der Waals surface area contributed by atoms with E-state index in [1.165, 1.54) is 0 Å². The van der Waals surface area contributed by atoms with Crippen molar-refractivity contribution < 1.29 is 23.9 Å². The second-order valence-corrected chi connectivity index (χ2v) is 8.84. The van der Waals surface area contributed by atoms with Gasteiger partial charge in [-0.1, -0.05) is 40.0 Å². The molecule has 178 valence electrons. The number of carbonyl (C=O) groups excluding carboxylic acids is 4. The van der Waals surface area contributed by atoms with Gasteiger partial charge in [0, 0.05) is 13.0 Å². The van der Waals surface area contributed by atoms with Crippen LogP contribution in [-0.2, 0) is 19.1 Å². The maximum atomic E-state index is 12.7. The van der Waals surface area contributed by atoms with Crippen molar-refractivity contribution >= 4 is 24.2 Å². The molecule has 0 aromatic heterocycles. The maximum absolute atomic E-state index is 12.7. The molecule has 0 spiro atoms. The third-order valence-corrected chi connectivity index (χ3v) is 5.42. The predicted octanol–water partition coefficient (Wildman–Crippen LogP) is 3.23. The van der Waals surface area contributed by atoms with E-state index in [0.29, 0.717) is 19.3 Å². The Balaban J connectivity index is 2.89. The van der Waals surface area contributed by atoms with E-state index in [9.17, 15) is 19.2 Å². The van der Waals surface area contributed by atoms with Gasteiger partial charge in [0.2, 0.25) is 11.8 Å². The van der Waals surface area contributed by atoms with Gasteiger partial charge in [-0.05, 0) is 50.9 Å². The largest absolute Gasteiger partial charge is 0.446 e. The summed E-state index contributed by atoms with van der Waals surface area (Å²) < 4.78 is 5.68. The standard InChI is InChI=1S/C23H41N3O5/c1-4-5-7-10-19-11-8-6-9-14-24-21(28)13-12-18(16-27)25-22(29)20(15-17(2)3)26-23(30)31-19/h16-20H,4-15H2,1-3H3,(H,24,28)(H,25,29)(H,26,30). The lowest BCUT2D eigenvalue weighted by atomic mass is 10.0. The molecule has 31 heavy (non-hydrogen) atoms. The molecule has 1 heterocycles. The molecule has 1 saturated heterocycles. The Morgan fingerprint density at radius 3 is 2.52 bits per heavy atom. The van der Waals surface area contributed by atoms with E-state index < -0.39 is 24.1 Å². The topological polar surface area (TPSA) is 114 Å². The number of rotatable bonds is 7. The monoisotopic (exact) mass is 439 g/mol. The Bertz CT molecular complexity index is 567. The summed E-state index contributed by atoms with van der Waals surface area (Å²) in [5.74, 6) is -0.404. The van der Waals surface area contributed by atoms with Crippen LogP contribution in [-0.4, -0.2) is 48.9 Å². The Hall–Kier alpha value is -2.12. The zero-order valence-electron chi connectivity index (χ0n) is 19.4. The van der Waals surface area contributed by atoms with E-state index in [4.69, 9.17) is 4.74 Å². The fourth-order valence-electron chi connectivity index (χ4n) is 3.65. The van der Waals surface area contributed by atoms with Crippen LogP contribution in [0.5, 0.6) is 0 Å². The highest BCUT2D eigenvalue weighted by Crippen LogP contribution is 2.15. The van der Waals surface area contributed by atoms with E-state index in [1.54, 1.807) is 0 Å².